The highest BCUT2D eigenvalue weighted by molar-refractivity contribution is 7.91. The van der Waals surface area contributed by atoms with Gasteiger partial charge in [0.2, 0.25) is 0 Å². The Balaban J connectivity index is 2.38. The van der Waals surface area contributed by atoms with Gasteiger partial charge < -0.3 is 0 Å². The first-order chi connectivity index (χ1) is 7.99. The third-order valence-electron chi connectivity index (χ3n) is 2.51. The van der Waals surface area contributed by atoms with Gasteiger partial charge in [-0.05, 0) is 32.3 Å². The molecule has 17 heavy (non-hydrogen) atoms. The van der Waals surface area contributed by atoms with Crippen LogP contribution in [0.1, 0.15) is 25.8 Å². The van der Waals surface area contributed by atoms with Gasteiger partial charge in [-0.15, -0.1) is 0 Å². The van der Waals surface area contributed by atoms with Crippen molar-refractivity contribution >= 4 is 9.84 Å². The maximum atomic E-state index is 11.7. The number of sulfone groups is 1. The van der Waals surface area contributed by atoms with Crippen LogP contribution in [0.4, 0.5) is 0 Å². The average molecular weight is 252 g/mol. The normalized spacial score (nSPS) is 11.2. The molecular weight excluding hydrogens is 232 g/mol. The Kier molecular flexibility index (Phi) is 5.42. The van der Waals surface area contributed by atoms with E-state index in [1.54, 1.807) is 6.08 Å². The third-order valence-corrected chi connectivity index (χ3v) is 4.09. The van der Waals surface area contributed by atoms with Crippen molar-refractivity contribution in [3.63, 3.8) is 0 Å². The Morgan fingerprint density at radius 1 is 1.18 bits per heavy atom. The summed E-state index contributed by atoms with van der Waals surface area (Å²) in [6.45, 7) is 3.83. The SMILES string of the molecule is CC(C)=CCS(=O)(=O)CCCc1ccccc1. The number of allylic oxidation sites excluding steroid dienone is 1. The summed E-state index contributed by atoms with van der Waals surface area (Å²) in [6, 6.07) is 9.99. The maximum Gasteiger partial charge on any atom is 0.153 e. The monoisotopic (exact) mass is 252 g/mol. The smallest absolute Gasteiger partial charge is 0.153 e. The van der Waals surface area contributed by atoms with E-state index in [0.29, 0.717) is 6.42 Å². The van der Waals surface area contributed by atoms with Crippen LogP contribution >= 0.6 is 0 Å². The van der Waals surface area contributed by atoms with Gasteiger partial charge in [0.1, 0.15) is 0 Å². The number of hydrogen-bond donors (Lipinski definition) is 0. The molecule has 1 aromatic rings. The second-order valence-electron chi connectivity index (χ2n) is 4.48. The first-order valence-corrected chi connectivity index (χ1v) is 7.69. The molecule has 0 spiro atoms. The molecule has 0 amide bonds. The number of rotatable bonds is 6. The summed E-state index contributed by atoms with van der Waals surface area (Å²) in [5, 5.41) is 0. The molecule has 0 unspecified atom stereocenters. The summed E-state index contributed by atoms with van der Waals surface area (Å²) in [7, 11) is -2.92. The van der Waals surface area contributed by atoms with Crippen molar-refractivity contribution in [1.29, 1.82) is 0 Å². The zero-order valence-corrected chi connectivity index (χ0v) is 11.3. The molecule has 0 fully saturated rings. The summed E-state index contributed by atoms with van der Waals surface area (Å²) in [5.41, 5.74) is 2.25. The second kappa shape index (κ2) is 6.60. The number of aryl methyl sites for hydroxylation is 1. The minimum absolute atomic E-state index is 0.171. The van der Waals surface area contributed by atoms with Crippen LogP contribution in [0.3, 0.4) is 0 Å². The Labute approximate surface area is 104 Å². The molecule has 0 aromatic heterocycles. The molecule has 0 heterocycles. The maximum absolute atomic E-state index is 11.7. The van der Waals surface area contributed by atoms with E-state index in [1.165, 1.54) is 5.56 Å². The first kappa shape index (κ1) is 14.0. The van der Waals surface area contributed by atoms with Crippen molar-refractivity contribution in [2.45, 2.75) is 26.7 Å². The van der Waals surface area contributed by atoms with E-state index in [2.05, 4.69) is 0 Å². The molecule has 0 aliphatic carbocycles. The van der Waals surface area contributed by atoms with Crippen LogP contribution in [0.5, 0.6) is 0 Å². The van der Waals surface area contributed by atoms with Gasteiger partial charge in [-0.3, -0.25) is 0 Å². The van der Waals surface area contributed by atoms with E-state index >= 15 is 0 Å². The van der Waals surface area contributed by atoms with Gasteiger partial charge in [0.25, 0.3) is 0 Å². The molecule has 0 atom stereocenters. The summed E-state index contributed by atoms with van der Waals surface area (Å²) in [5.74, 6) is 0.440. The molecular formula is C14H20O2S. The molecule has 0 aliphatic rings. The average Bonchev–Trinajstić information content (AvgIpc) is 2.28. The summed E-state index contributed by atoms with van der Waals surface area (Å²) in [4.78, 5) is 0. The highest BCUT2D eigenvalue weighted by Gasteiger charge is 2.08. The lowest BCUT2D eigenvalue weighted by molar-refractivity contribution is 0.596. The molecule has 2 nitrogen and oxygen atoms in total. The van der Waals surface area contributed by atoms with E-state index in [9.17, 15) is 8.42 Å². The third kappa shape index (κ3) is 6.27. The minimum Gasteiger partial charge on any atom is -0.229 e. The summed E-state index contributed by atoms with van der Waals surface area (Å²) < 4.78 is 23.4. The number of hydrogen-bond acceptors (Lipinski definition) is 2. The van der Waals surface area contributed by atoms with Crippen molar-refractivity contribution in [3.8, 4) is 0 Å². The van der Waals surface area contributed by atoms with E-state index in [1.807, 2.05) is 44.2 Å². The Morgan fingerprint density at radius 3 is 2.41 bits per heavy atom. The largest absolute Gasteiger partial charge is 0.229 e. The van der Waals surface area contributed by atoms with Crippen LogP contribution in [-0.4, -0.2) is 19.9 Å². The minimum atomic E-state index is -2.92. The van der Waals surface area contributed by atoms with Crippen molar-refractivity contribution < 1.29 is 8.42 Å². The molecule has 1 aromatic carbocycles. The zero-order valence-electron chi connectivity index (χ0n) is 10.5. The molecule has 0 bridgehead atoms. The number of benzene rings is 1. The summed E-state index contributed by atoms with van der Waals surface area (Å²) >= 11 is 0. The van der Waals surface area contributed by atoms with E-state index < -0.39 is 9.84 Å². The quantitative estimate of drug-likeness (QED) is 0.729. The molecule has 0 N–H and O–H groups in total. The lowest BCUT2D eigenvalue weighted by Gasteiger charge is -2.02. The Bertz CT molecular complexity index is 454. The standard InChI is InChI=1S/C14H20O2S/c1-13(2)10-12-17(15,16)11-6-9-14-7-4-3-5-8-14/h3-5,7-8,10H,6,9,11-12H2,1-2H3. The van der Waals surface area contributed by atoms with Gasteiger partial charge in [0.05, 0.1) is 11.5 Å². The lowest BCUT2D eigenvalue weighted by Crippen LogP contribution is -2.10. The van der Waals surface area contributed by atoms with Crippen LogP contribution < -0.4 is 0 Å². The Hall–Kier alpha value is -1.09. The van der Waals surface area contributed by atoms with Crippen LogP contribution in [0.15, 0.2) is 42.0 Å². The van der Waals surface area contributed by atoms with Crippen LogP contribution in [-0.2, 0) is 16.3 Å². The van der Waals surface area contributed by atoms with Gasteiger partial charge in [-0.2, -0.15) is 0 Å². The van der Waals surface area contributed by atoms with Gasteiger partial charge in [0.15, 0.2) is 9.84 Å². The summed E-state index contributed by atoms with van der Waals surface area (Å²) in [6.07, 6.45) is 3.30. The van der Waals surface area contributed by atoms with Gasteiger partial charge >= 0.3 is 0 Å². The van der Waals surface area contributed by atoms with E-state index in [-0.39, 0.29) is 11.5 Å². The van der Waals surface area contributed by atoms with Crippen molar-refractivity contribution in [2.75, 3.05) is 11.5 Å². The van der Waals surface area contributed by atoms with Crippen molar-refractivity contribution in [3.05, 3.63) is 47.5 Å². The Morgan fingerprint density at radius 2 is 1.82 bits per heavy atom. The van der Waals surface area contributed by atoms with Crippen LogP contribution in [0.2, 0.25) is 0 Å². The molecule has 1 rings (SSSR count). The van der Waals surface area contributed by atoms with Crippen molar-refractivity contribution in [2.24, 2.45) is 0 Å². The van der Waals surface area contributed by atoms with Gasteiger partial charge in [0, 0.05) is 0 Å². The van der Waals surface area contributed by atoms with Gasteiger partial charge in [-0.25, -0.2) is 8.42 Å². The molecule has 0 aliphatic heterocycles. The van der Waals surface area contributed by atoms with Crippen LogP contribution in [0, 0.1) is 0 Å². The molecule has 0 saturated carbocycles. The predicted molar refractivity (Wildman–Crippen MR) is 72.8 cm³/mol. The first-order valence-electron chi connectivity index (χ1n) is 5.87. The van der Waals surface area contributed by atoms with Crippen LogP contribution in [0.25, 0.3) is 0 Å². The molecule has 3 heteroatoms. The fraction of sp³-hybridized carbons (Fsp3) is 0.429. The molecule has 94 valence electrons. The van der Waals surface area contributed by atoms with E-state index in [0.717, 1.165) is 12.0 Å². The second-order valence-corrected chi connectivity index (χ2v) is 6.71. The fourth-order valence-electron chi connectivity index (χ4n) is 1.52. The predicted octanol–water partition coefficient (Wildman–Crippen LogP) is 3.00. The molecule has 0 saturated heterocycles. The highest BCUT2D eigenvalue weighted by Crippen LogP contribution is 2.05. The fourth-order valence-corrected chi connectivity index (χ4v) is 2.86. The van der Waals surface area contributed by atoms with E-state index in [4.69, 9.17) is 0 Å². The molecule has 0 radical (unpaired) electrons. The lowest BCUT2D eigenvalue weighted by atomic mass is 10.1. The topological polar surface area (TPSA) is 34.1 Å². The zero-order chi connectivity index (χ0) is 12.7. The highest BCUT2D eigenvalue weighted by atomic mass is 32.2. The van der Waals surface area contributed by atoms with Gasteiger partial charge in [-0.1, -0.05) is 42.0 Å². The van der Waals surface area contributed by atoms with Crippen molar-refractivity contribution in [1.82, 2.24) is 0 Å².